The Morgan fingerprint density at radius 1 is 1.21 bits per heavy atom. The van der Waals surface area contributed by atoms with Gasteiger partial charge >= 0.3 is 0 Å². The molecule has 0 aliphatic heterocycles. The fourth-order valence-electron chi connectivity index (χ4n) is 2.50. The second-order valence-electron chi connectivity index (χ2n) is 4.87. The van der Waals surface area contributed by atoms with E-state index in [0.717, 1.165) is 10.9 Å². The van der Waals surface area contributed by atoms with Gasteiger partial charge in [0.25, 0.3) is 0 Å². The molecule has 0 aliphatic carbocycles. The molecule has 1 aromatic heterocycles. The molecule has 0 radical (unpaired) electrons. The molecule has 0 fully saturated rings. The standard InChI is InChI=1S/C16H19BrN2/c1-12(8-13-9-15(17)11-19-10-13)16(18-2)14-6-4-3-5-7-14/h3-7,9-12,16,18H,8H2,1-2H3. The lowest BCUT2D eigenvalue weighted by molar-refractivity contribution is 0.408. The van der Waals surface area contributed by atoms with Crippen molar-refractivity contribution in [2.24, 2.45) is 5.92 Å². The fraction of sp³-hybridized carbons (Fsp3) is 0.312. The Bertz CT molecular complexity index is 513. The van der Waals surface area contributed by atoms with Gasteiger partial charge in [0.2, 0.25) is 0 Å². The Hall–Kier alpha value is -1.19. The van der Waals surface area contributed by atoms with E-state index in [-0.39, 0.29) is 0 Å². The summed E-state index contributed by atoms with van der Waals surface area (Å²) < 4.78 is 1.04. The first-order valence-corrected chi connectivity index (χ1v) is 7.31. The van der Waals surface area contributed by atoms with Crippen LogP contribution in [0.2, 0.25) is 0 Å². The van der Waals surface area contributed by atoms with Gasteiger partial charge in [0.1, 0.15) is 0 Å². The van der Waals surface area contributed by atoms with Crippen molar-refractivity contribution in [2.45, 2.75) is 19.4 Å². The molecule has 0 bridgehead atoms. The van der Waals surface area contributed by atoms with Crippen LogP contribution in [0.1, 0.15) is 24.1 Å². The third-order valence-electron chi connectivity index (χ3n) is 3.36. The highest BCUT2D eigenvalue weighted by Crippen LogP contribution is 2.25. The third-order valence-corrected chi connectivity index (χ3v) is 3.79. The smallest absolute Gasteiger partial charge is 0.0410 e. The molecule has 2 atom stereocenters. The minimum atomic E-state index is 0.361. The van der Waals surface area contributed by atoms with Gasteiger partial charge in [-0.05, 0) is 52.5 Å². The van der Waals surface area contributed by atoms with Crippen molar-refractivity contribution in [2.75, 3.05) is 7.05 Å². The van der Waals surface area contributed by atoms with E-state index in [1.807, 2.05) is 19.4 Å². The molecule has 19 heavy (non-hydrogen) atoms. The molecule has 1 heterocycles. The minimum absolute atomic E-state index is 0.361. The maximum atomic E-state index is 4.23. The SMILES string of the molecule is CNC(c1ccccc1)C(C)Cc1cncc(Br)c1. The largest absolute Gasteiger partial charge is 0.313 e. The van der Waals surface area contributed by atoms with Crippen LogP contribution in [0.3, 0.4) is 0 Å². The summed E-state index contributed by atoms with van der Waals surface area (Å²) in [5, 5.41) is 3.42. The molecular formula is C16H19BrN2. The van der Waals surface area contributed by atoms with Gasteiger partial charge in [-0.2, -0.15) is 0 Å². The zero-order valence-corrected chi connectivity index (χ0v) is 12.9. The van der Waals surface area contributed by atoms with Crippen molar-refractivity contribution in [1.29, 1.82) is 0 Å². The highest BCUT2D eigenvalue weighted by atomic mass is 79.9. The van der Waals surface area contributed by atoms with Crippen LogP contribution in [0.15, 0.2) is 53.3 Å². The Balaban J connectivity index is 2.11. The lowest BCUT2D eigenvalue weighted by atomic mass is 9.90. The molecular weight excluding hydrogens is 300 g/mol. The van der Waals surface area contributed by atoms with Crippen LogP contribution in [0.4, 0.5) is 0 Å². The van der Waals surface area contributed by atoms with Crippen molar-refractivity contribution < 1.29 is 0 Å². The molecule has 2 rings (SSSR count). The Morgan fingerprint density at radius 2 is 1.95 bits per heavy atom. The van der Waals surface area contributed by atoms with Crippen LogP contribution in [0.25, 0.3) is 0 Å². The van der Waals surface area contributed by atoms with Gasteiger partial charge in [0.05, 0.1) is 0 Å². The third kappa shape index (κ3) is 3.88. The van der Waals surface area contributed by atoms with Gasteiger partial charge in [-0.15, -0.1) is 0 Å². The molecule has 0 saturated carbocycles. The van der Waals surface area contributed by atoms with Gasteiger partial charge in [0, 0.05) is 22.9 Å². The first-order chi connectivity index (χ1) is 9.20. The van der Waals surface area contributed by atoms with Crippen molar-refractivity contribution in [1.82, 2.24) is 10.3 Å². The maximum Gasteiger partial charge on any atom is 0.0410 e. The molecule has 0 spiro atoms. The number of hydrogen-bond donors (Lipinski definition) is 1. The Kier molecular flexibility index (Phi) is 5.11. The lowest BCUT2D eigenvalue weighted by Gasteiger charge is -2.24. The van der Waals surface area contributed by atoms with E-state index in [1.54, 1.807) is 0 Å². The predicted molar refractivity (Wildman–Crippen MR) is 83.0 cm³/mol. The van der Waals surface area contributed by atoms with E-state index in [1.165, 1.54) is 11.1 Å². The fourth-order valence-corrected chi connectivity index (χ4v) is 2.91. The molecule has 2 unspecified atom stereocenters. The van der Waals surface area contributed by atoms with E-state index >= 15 is 0 Å². The predicted octanol–water partition coefficient (Wildman–Crippen LogP) is 3.98. The van der Waals surface area contributed by atoms with Gasteiger partial charge in [0.15, 0.2) is 0 Å². The van der Waals surface area contributed by atoms with E-state index < -0.39 is 0 Å². The summed E-state index contributed by atoms with van der Waals surface area (Å²) in [6.45, 7) is 2.27. The zero-order valence-electron chi connectivity index (χ0n) is 11.3. The number of rotatable bonds is 5. The normalized spacial score (nSPS) is 14.1. The molecule has 3 heteroatoms. The molecule has 0 aliphatic rings. The second-order valence-corrected chi connectivity index (χ2v) is 5.79. The Morgan fingerprint density at radius 3 is 2.58 bits per heavy atom. The highest BCUT2D eigenvalue weighted by molar-refractivity contribution is 9.10. The van der Waals surface area contributed by atoms with Crippen LogP contribution < -0.4 is 5.32 Å². The number of aromatic nitrogens is 1. The minimum Gasteiger partial charge on any atom is -0.313 e. The molecule has 2 aromatic rings. The molecule has 2 nitrogen and oxygen atoms in total. The summed E-state index contributed by atoms with van der Waals surface area (Å²) in [5.41, 5.74) is 2.60. The summed E-state index contributed by atoms with van der Waals surface area (Å²) in [6, 6.07) is 13.1. The summed E-state index contributed by atoms with van der Waals surface area (Å²) in [4.78, 5) is 4.23. The van der Waals surface area contributed by atoms with E-state index in [4.69, 9.17) is 0 Å². The number of nitrogens with one attached hydrogen (secondary N) is 1. The number of nitrogens with zero attached hydrogens (tertiary/aromatic N) is 1. The van der Waals surface area contributed by atoms with E-state index in [9.17, 15) is 0 Å². The average molecular weight is 319 g/mol. The van der Waals surface area contributed by atoms with Crippen LogP contribution in [-0.2, 0) is 6.42 Å². The maximum absolute atomic E-state index is 4.23. The quantitative estimate of drug-likeness (QED) is 0.901. The summed E-state index contributed by atoms with van der Waals surface area (Å²) >= 11 is 3.47. The Labute approximate surface area is 123 Å². The highest BCUT2D eigenvalue weighted by Gasteiger charge is 2.17. The summed E-state index contributed by atoms with van der Waals surface area (Å²) in [7, 11) is 2.02. The van der Waals surface area contributed by atoms with Crippen LogP contribution in [0, 0.1) is 5.92 Å². The van der Waals surface area contributed by atoms with E-state index in [0.29, 0.717) is 12.0 Å². The topological polar surface area (TPSA) is 24.9 Å². The molecule has 100 valence electrons. The monoisotopic (exact) mass is 318 g/mol. The van der Waals surface area contributed by atoms with Crippen LogP contribution >= 0.6 is 15.9 Å². The summed E-state index contributed by atoms with van der Waals surface area (Å²) in [5.74, 6) is 0.503. The summed E-state index contributed by atoms with van der Waals surface area (Å²) in [6.07, 6.45) is 4.77. The first-order valence-electron chi connectivity index (χ1n) is 6.52. The number of pyridine rings is 1. The number of benzene rings is 1. The molecule has 1 N–H and O–H groups in total. The molecule has 0 saturated heterocycles. The van der Waals surface area contributed by atoms with E-state index in [2.05, 4.69) is 69.6 Å². The van der Waals surface area contributed by atoms with Gasteiger partial charge in [-0.1, -0.05) is 37.3 Å². The van der Waals surface area contributed by atoms with Crippen molar-refractivity contribution in [3.63, 3.8) is 0 Å². The van der Waals surface area contributed by atoms with Crippen molar-refractivity contribution >= 4 is 15.9 Å². The first kappa shape index (κ1) is 14.2. The van der Waals surface area contributed by atoms with Gasteiger partial charge < -0.3 is 5.32 Å². The van der Waals surface area contributed by atoms with Crippen molar-refractivity contribution in [3.05, 3.63) is 64.4 Å². The van der Waals surface area contributed by atoms with Crippen LogP contribution in [0.5, 0.6) is 0 Å². The second kappa shape index (κ2) is 6.83. The zero-order chi connectivity index (χ0) is 13.7. The van der Waals surface area contributed by atoms with Gasteiger partial charge in [-0.25, -0.2) is 0 Å². The lowest BCUT2D eigenvalue weighted by Crippen LogP contribution is -2.24. The van der Waals surface area contributed by atoms with Crippen LogP contribution in [-0.4, -0.2) is 12.0 Å². The average Bonchev–Trinajstić information content (AvgIpc) is 2.41. The molecule has 0 amide bonds. The number of hydrogen-bond acceptors (Lipinski definition) is 2. The van der Waals surface area contributed by atoms with Gasteiger partial charge in [-0.3, -0.25) is 4.98 Å². The number of halogens is 1. The van der Waals surface area contributed by atoms with Crippen molar-refractivity contribution in [3.8, 4) is 0 Å². The molecule has 1 aromatic carbocycles.